The van der Waals surface area contributed by atoms with Crippen molar-refractivity contribution in [3.63, 3.8) is 0 Å². The van der Waals surface area contributed by atoms with E-state index in [9.17, 15) is 13.6 Å². The summed E-state index contributed by atoms with van der Waals surface area (Å²) in [5.74, 6) is 0. The van der Waals surface area contributed by atoms with Gasteiger partial charge in [-0.1, -0.05) is 0 Å². The average molecular weight is 394 g/mol. The molecule has 3 aromatic rings. The molecule has 7 nitrogen and oxygen atoms in total. The number of halogens is 2. The zero-order chi connectivity index (χ0) is 19.6. The Kier molecular flexibility index (Phi) is 5.66. The van der Waals surface area contributed by atoms with Crippen LogP contribution in [-0.2, 0) is 13.1 Å². The predicted molar refractivity (Wildman–Crippen MR) is 99.8 cm³/mol. The molecule has 0 aromatic carbocycles. The summed E-state index contributed by atoms with van der Waals surface area (Å²) in [6.45, 7) is 3.80. The SMILES string of the molecule is CC(C)n1cc(-c2csc(Cn3cnn(CC(CN)=C(F)F)c3=O)c2)cn1. The van der Waals surface area contributed by atoms with Crippen molar-refractivity contribution in [3.8, 4) is 11.1 Å². The molecule has 0 aliphatic rings. The van der Waals surface area contributed by atoms with Crippen LogP contribution in [0.2, 0.25) is 0 Å². The summed E-state index contributed by atoms with van der Waals surface area (Å²) in [6.07, 6.45) is 3.27. The lowest BCUT2D eigenvalue weighted by Gasteiger charge is -2.02. The molecule has 0 saturated heterocycles. The Labute approximate surface area is 158 Å². The van der Waals surface area contributed by atoms with Crippen LogP contribution in [0, 0.1) is 0 Å². The van der Waals surface area contributed by atoms with Gasteiger partial charge in [0, 0.05) is 34.8 Å². The van der Waals surface area contributed by atoms with Crippen LogP contribution in [0.5, 0.6) is 0 Å². The van der Waals surface area contributed by atoms with Crippen molar-refractivity contribution in [2.24, 2.45) is 5.73 Å². The number of hydrogen-bond donors (Lipinski definition) is 1. The summed E-state index contributed by atoms with van der Waals surface area (Å²) in [5.41, 5.74) is 6.56. The first-order valence-corrected chi connectivity index (χ1v) is 9.24. The summed E-state index contributed by atoms with van der Waals surface area (Å²) in [5, 5.41) is 10.2. The van der Waals surface area contributed by atoms with E-state index in [1.165, 1.54) is 22.2 Å². The highest BCUT2D eigenvalue weighted by Gasteiger charge is 2.12. The third-order valence-corrected chi connectivity index (χ3v) is 5.02. The molecule has 0 atom stereocenters. The van der Waals surface area contributed by atoms with Crippen molar-refractivity contribution < 1.29 is 8.78 Å². The number of thiophene rings is 1. The smallest absolute Gasteiger partial charge is 0.327 e. The van der Waals surface area contributed by atoms with Gasteiger partial charge in [0.05, 0.1) is 19.3 Å². The summed E-state index contributed by atoms with van der Waals surface area (Å²) in [6, 6.07) is 2.27. The van der Waals surface area contributed by atoms with E-state index in [1.807, 2.05) is 28.5 Å². The maximum atomic E-state index is 12.7. The third kappa shape index (κ3) is 4.22. The number of hydrogen-bond acceptors (Lipinski definition) is 5. The van der Waals surface area contributed by atoms with E-state index in [0.717, 1.165) is 20.7 Å². The van der Waals surface area contributed by atoms with Crippen molar-refractivity contribution >= 4 is 11.3 Å². The molecule has 0 bridgehead atoms. The van der Waals surface area contributed by atoms with Gasteiger partial charge in [-0.25, -0.2) is 9.48 Å². The topological polar surface area (TPSA) is 83.7 Å². The van der Waals surface area contributed by atoms with E-state index in [4.69, 9.17) is 5.73 Å². The van der Waals surface area contributed by atoms with E-state index < -0.39 is 11.8 Å². The van der Waals surface area contributed by atoms with Gasteiger partial charge in [-0.2, -0.15) is 19.0 Å². The molecule has 0 saturated carbocycles. The zero-order valence-electron chi connectivity index (χ0n) is 15.0. The largest absolute Gasteiger partial charge is 0.346 e. The van der Waals surface area contributed by atoms with E-state index in [-0.39, 0.29) is 24.7 Å². The summed E-state index contributed by atoms with van der Waals surface area (Å²) in [4.78, 5) is 13.3. The van der Waals surface area contributed by atoms with Crippen molar-refractivity contribution in [2.75, 3.05) is 6.54 Å². The van der Waals surface area contributed by atoms with Crippen LogP contribution in [0.1, 0.15) is 24.8 Å². The van der Waals surface area contributed by atoms with Crippen LogP contribution in [-0.4, -0.2) is 30.7 Å². The lowest BCUT2D eigenvalue weighted by Crippen LogP contribution is -2.27. The first kappa shape index (κ1) is 19.2. The molecule has 0 spiro atoms. The molecule has 0 aliphatic carbocycles. The van der Waals surface area contributed by atoms with Gasteiger partial charge in [-0.05, 0) is 30.9 Å². The predicted octanol–water partition coefficient (Wildman–Crippen LogP) is 2.71. The molecule has 0 unspecified atom stereocenters. The molecule has 3 aromatic heterocycles. The van der Waals surface area contributed by atoms with Crippen LogP contribution in [0.3, 0.4) is 0 Å². The molecular formula is C17H20F2N6OS. The van der Waals surface area contributed by atoms with Crippen LogP contribution >= 0.6 is 11.3 Å². The second-order valence-corrected chi connectivity index (χ2v) is 7.37. The Balaban J connectivity index is 1.76. The minimum absolute atomic E-state index is 0.280. The van der Waals surface area contributed by atoms with Crippen molar-refractivity contribution in [1.29, 1.82) is 0 Å². The lowest BCUT2D eigenvalue weighted by atomic mass is 10.2. The van der Waals surface area contributed by atoms with Crippen molar-refractivity contribution in [1.82, 2.24) is 24.1 Å². The normalized spacial score (nSPS) is 11.3. The summed E-state index contributed by atoms with van der Waals surface area (Å²) < 4.78 is 29.7. The van der Waals surface area contributed by atoms with Crippen LogP contribution < -0.4 is 11.4 Å². The Morgan fingerprint density at radius 3 is 2.70 bits per heavy atom. The van der Waals surface area contributed by atoms with E-state index >= 15 is 0 Å². The third-order valence-electron chi connectivity index (χ3n) is 4.10. The van der Waals surface area contributed by atoms with Gasteiger partial charge < -0.3 is 5.73 Å². The molecule has 27 heavy (non-hydrogen) atoms. The molecular weight excluding hydrogens is 374 g/mol. The minimum atomic E-state index is -1.87. The molecule has 2 N–H and O–H groups in total. The number of aromatic nitrogens is 5. The van der Waals surface area contributed by atoms with Crippen LogP contribution in [0.25, 0.3) is 11.1 Å². The molecule has 0 amide bonds. The Morgan fingerprint density at radius 1 is 1.30 bits per heavy atom. The fourth-order valence-electron chi connectivity index (χ4n) is 2.52. The van der Waals surface area contributed by atoms with Crippen molar-refractivity contribution in [2.45, 2.75) is 33.0 Å². The first-order chi connectivity index (χ1) is 12.9. The average Bonchev–Trinajstić information content (AvgIpc) is 3.34. The van der Waals surface area contributed by atoms with Gasteiger partial charge in [0.15, 0.2) is 0 Å². The number of nitrogens with zero attached hydrogens (tertiary/aromatic N) is 5. The van der Waals surface area contributed by atoms with Gasteiger partial charge in [-0.15, -0.1) is 11.3 Å². The Hall–Kier alpha value is -2.59. The monoisotopic (exact) mass is 394 g/mol. The second-order valence-electron chi connectivity index (χ2n) is 6.37. The Morgan fingerprint density at radius 2 is 2.07 bits per heavy atom. The fraction of sp³-hybridized carbons (Fsp3) is 0.353. The maximum absolute atomic E-state index is 12.7. The minimum Gasteiger partial charge on any atom is -0.327 e. The molecule has 144 valence electrons. The van der Waals surface area contributed by atoms with Crippen LogP contribution in [0.4, 0.5) is 8.78 Å². The van der Waals surface area contributed by atoms with Crippen molar-refractivity contribution in [3.05, 3.63) is 57.2 Å². The van der Waals surface area contributed by atoms with E-state index in [0.29, 0.717) is 6.54 Å². The standard InChI is InChI=1S/C17H20F2N6OS/c1-11(2)24-7-14(5-21-24)12-3-15(27-9-12)8-23-10-22-25(17(23)26)6-13(4-20)16(18)19/h3,5,7,9-11H,4,6,8,20H2,1-2H3. The summed E-state index contributed by atoms with van der Waals surface area (Å²) in [7, 11) is 0. The summed E-state index contributed by atoms with van der Waals surface area (Å²) >= 11 is 1.52. The van der Waals surface area contributed by atoms with E-state index in [2.05, 4.69) is 24.0 Å². The molecule has 3 rings (SSSR count). The quantitative estimate of drug-likeness (QED) is 0.668. The van der Waals surface area contributed by atoms with Gasteiger partial charge in [-0.3, -0.25) is 9.25 Å². The Bertz CT molecular complexity index is 1010. The second kappa shape index (κ2) is 7.97. The highest BCUT2D eigenvalue weighted by molar-refractivity contribution is 7.10. The zero-order valence-corrected chi connectivity index (χ0v) is 15.8. The van der Waals surface area contributed by atoms with Gasteiger partial charge in [0.2, 0.25) is 0 Å². The molecule has 10 heteroatoms. The molecule has 0 fully saturated rings. The van der Waals surface area contributed by atoms with Gasteiger partial charge >= 0.3 is 5.69 Å². The first-order valence-electron chi connectivity index (χ1n) is 8.36. The van der Waals surface area contributed by atoms with E-state index in [1.54, 1.807) is 0 Å². The molecule has 0 radical (unpaired) electrons. The van der Waals surface area contributed by atoms with Crippen LogP contribution in [0.15, 0.2) is 46.6 Å². The van der Waals surface area contributed by atoms with Gasteiger partial charge in [0.25, 0.3) is 6.08 Å². The fourth-order valence-corrected chi connectivity index (χ4v) is 3.41. The number of rotatable bonds is 7. The highest BCUT2D eigenvalue weighted by atomic mass is 32.1. The lowest BCUT2D eigenvalue weighted by molar-refractivity contribution is 0.400. The maximum Gasteiger partial charge on any atom is 0.346 e. The highest BCUT2D eigenvalue weighted by Crippen LogP contribution is 2.26. The molecule has 0 aliphatic heterocycles. The van der Waals surface area contributed by atoms with Gasteiger partial charge in [0.1, 0.15) is 6.33 Å². The molecule has 3 heterocycles. The number of nitrogens with two attached hydrogens (primary N) is 1.